The average molecular weight is 854 g/mol. The first-order valence-corrected chi connectivity index (χ1v) is 18.3. The number of phenolic OH excluding ortho intramolecular Hbond substituents is 1. The summed E-state index contributed by atoms with van der Waals surface area (Å²) in [5, 5.41) is 141. The Kier molecular flexibility index (Phi) is 15.4. The van der Waals surface area contributed by atoms with Crippen LogP contribution in [-0.2, 0) is 38.0 Å². The molecule has 24 nitrogen and oxygen atoms in total. The van der Waals surface area contributed by atoms with E-state index >= 15 is 0 Å². The van der Waals surface area contributed by atoms with Gasteiger partial charge in [-0.1, -0.05) is 6.07 Å². The maximum Gasteiger partial charge on any atom is 0.247 e. The highest BCUT2D eigenvalue weighted by Crippen LogP contribution is 2.37. The Morgan fingerprint density at radius 1 is 0.763 bits per heavy atom. The van der Waals surface area contributed by atoms with Gasteiger partial charge in [0.25, 0.3) is 0 Å². The highest BCUT2D eigenvalue weighted by Gasteiger charge is 2.58. The Morgan fingerprint density at radius 3 is 1.95 bits per heavy atom. The van der Waals surface area contributed by atoms with Crippen molar-refractivity contribution in [2.45, 2.75) is 130 Å². The predicted octanol–water partition coefficient (Wildman–Crippen LogP) is -7.86. The number of amides is 1. The number of nitrogens with one attached hydrogen (secondary N) is 1. The number of fused-ring (bicyclic) bond motifs is 1. The Balaban J connectivity index is 0.000000248. The Morgan fingerprint density at radius 2 is 1.39 bits per heavy atom. The molecule has 0 bridgehead atoms. The summed E-state index contributed by atoms with van der Waals surface area (Å²) < 4.78 is 36.5. The number of carbonyl (C=O) groups excluding carboxylic acids is 2. The van der Waals surface area contributed by atoms with Crippen LogP contribution in [0, 0.1) is 0 Å². The monoisotopic (exact) mass is 853 g/mol. The second-order valence-electron chi connectivity index (χ2n) is 14.6. The third kappa shape index (κ3) is 9.56. The van der Waals surface area contributed by atoms with Gasteiger partial charge in [0.15, 0.2) is 23.6 Å². The second kappa shape index (κ2) is 19.3. The maximum atomic E-state index is 12.7. The molecule has 1 aromatic carbocycles. The first-order valence-electron chi connectivity index (χ1n) is 18.3. The van der Waals surface area contributed by atoms with E-state index in [4.69, 9.17) is 43.4 Å². The van der Waals surface area contributed by atoms with Crippen LogP contribution in [-0.4, -0.2) is 226 Å². The zero-order chi connectivity index (χ0) is 43.7. The summed E-state index contributed by atoms with van der Waals surface area (Å²) in [7, 11) is 0. The van der Waals surface area contributed by atoms with Gasteiger partial charge in [-0.3, -0.25) is 9.59 Å². The van der Waals surface area contributed by atoms with Crippen LogP contribution in [0.3, 0.4) is 0 Å². The van der Waals surface area contributed by atoms with E-state index in [0.717, 1.165) is 0 Å². The molecule has 0 unspecified atom stereocenters. The van der Waals surface area contributed by atoms with Gasteiger partial charge in [-0.25, -0.2) is 0 Å². The lowest BCUT2D eigenvalue weighted by Crippen LogP contribution is -2.67. The number of carbonyl (C=O) groups is 2. The van der Waals surface area contributed by atoms with Crippen molar-refractivity contribution in [2.75, 3.05) is 26.6 Å². The van der Waals surface area contributed by atoms with Crippen LogP contribution < -0.4 is 10.1 Å². The Labute approximate surface area is 334 Å². The molecule has 1 amide bonds. The van der Waals surface area contributed by atoms with Crippen molar-refractivity contribution < 1.29 is 114 Å². The van der Waals surface area contributed by atoms with Gasteiger partial charge in [-0.05, 0) is 37.6 Å². The topological polar surface area (TPSA) is 394 Å². The highest BCUT2D eigenvalue weighted by molar-refractivity contribution is 5.97. The number of hydrogen-bond acceptors (Lipinski definition) is 23. The fourth-order valence-corrected chi connectivity index (χ4v) is 7.10. The summed E-state index contributed by atoms with van der Waals surface area (Å²) in [5.41, 5.74) is 0.545. The number of benzene rings is 1. The van der Waals surface area contributed by atoms with Gasteiger partial charge in [0.05, 0.1) is 19.3 Å². The quantitative estimate of drug-likeness (QED) is 0.0919. The molecule has 24 heteroatoms. The van der Waals surface area contributed by atoms with Crippen molar-refractivity contribution >= 4 is 17.8 Å². The Hall–Kier alpha value is -3.06. The van der Waals surface area contributed by atoms with Crippen LogP contribution in [0.15, 0.2) is 23.8 Å². The molecule has 59 heavy (non-hydrogen) atoms. The molecule has 1 aromatic rings. The van der Waals surface area contributed by atoms with E-state index in [9.17, 15) is 70.9 Å². The minimum absolute atomic E-state index is 0.0921. The lowest BCUT2D eigenvalue weighted by atomic mass is 9.83. The second-order valence-corrected chi connectivity index (χ2v) is 14.6. The molecule has 4 saturated heterocycles. The van der Waals surface area contributed by atoms with E-state index in [1.54, 1.807) is 0 Å². The van der Waals surface area contributed by atoms with Crippen molar-refractivity contribution in [3.63, 3.8) is 0 Å². The van der Waals surface area contributed by atoms with Crippen LogP contribution >= 0.6 is 0 Å². The molecule has 19 atom stereocenters. The van der Waals surface area contributed by atoms with Gasteiger partial charge < -0.3 is 110 Å². The van der Waals surface area contributed by atoms with E-state index in [2.05, 4.69) is 5.32 Å². The summed E-state index contributed by atoms with van der Waals surface area (Å²) in [6, 6.07) is 2.90. The Bertz CT molecular complexity index is 1630. The third-order valence-electron chi connectivity index (χ3n) is 10.6. The zero-order valence-corrected chi connectivity index (χ0v) is 31.5. The van der Waals surface area contributed by atoms with E-state index in [0.29, 0.717) is 5.56 Å². The average Bonchev–Trinajstić information content (AvgIpc) is 3.89. The van der Waals surface area contributed by atoms with Crippen LogP contribution in [0.25, 0.3) is 6.08 Å². The third-order valence-corrected chi connectivity index (χ3v) is 10.6. The van der Waals surface area contributed by atoms with Crippen LogP contribution in [0.4, 0.5) is 0 Å². The van der Waals surface area contributed by atoms with Crippen molar-refractivity contribution in [3.05, 3.63) is 29.3 Å². The molecule has 15 N–H and O–H groups in total. The van der Waals surface area contributed by atoms with Crippen molar-refractivity contribution in [1.29, 1.82) is 0 Å². The summed E-state index contributed by atoms with van der Waals surface area (Å²) in [6.45, 7) is 0.198. The predicted molar refractivity (Wildman–Crippen MR) is 187 cm³/mol. The normalized spacial score (nSPS) is 43.4. The molecule has 334 valence electrons. The summed E-state index contributed by atoms with van der Waals surface area (Å²) in [5.74, 6) is -3.81. The number of Topliss-reactive ketones (excluding diaryl/α,β-unsaturated/α-hetero) is 1. The number of aromatic hydroxyl groups is 1. The highest BCUT2D eigenvalue weighted by atomic mass is 16.8. The van der Waals surface area contributed by atoms with Crippen molar-refractivity contribution in [2.24, 2.45) is 0 Å². The molecule has 4 aliphatic heterocycles. The SMILES string of the molecule is CC(=O)[C@H]1O[C@@H](Oc2ccc(/C=C(\C)C(=O)N[C@H]3[C@@H](O)[C@H](O)[C@@H]4OCO[C@@H]4[C@H]3O)cc2O)[C@@H](O)[C@@H]1O.OC[C@H]1O[C@@](CO)(O[C@H]2O[C@H](CO)[C@@H](O)[C@H](O)[C@H]2O)[C@@H](O)[C@@H]1O. The van der Waals surface area contributed by atoms with Crippen LogP contribution in [0.1, 0.15) is 19.4 Å². The molecule has 6 rings (SSSR count). The molecular weight excluding hydrogens is 802 g/mol. The van der Waals surface area contributed by atoms with Crippen molar-refractivity contribution in [1.82, 2.24) is 5.32 Å². The molecule has 5 aliphatic rings. The molecule has 0 aromatic heterocycles. The van der Waals surface area contributed by atoms with Crippen molar-refractivity contribution in [3.8, 4) is 11.5 Å². The standard InChI is InChI=1S/C23H29NO12.C12H22O11/c1-8(22(32)24-13-14(27)16(29)21-20(15(13)28)33-7-34-21)5-10-3-4-12(11(26)6-10)35-23-18(31)17(30)19(36-23)9(2)25;13-1-4-6(16)8(18)9(19)11(21-4)23-12(3-15)10(20)7(17)5(2-14)22-12/h3-6,13-21,23,26-31H,7H2,1-2H3,(H,24,32);4-11,13-20H,1-3H2/b8-5+;/t13-,14+,15-,16-,17-,18-,19+,20+,21-,23+;4-,5-,6-,7-,8+,9-,10+,11-,12+/m01/s1. The number of rotatable bonds is 11. The lowest BCUT2D eigenvalue weighted by molar-refractivity contribution is -0.383. The number of aliphatic hydroxyl groups is 13. The molecule has 1 aliphatic carbocycles. The number of aliphatic hydroxyl groups excluding tert-OH is 13. The van der Waals surface area contributed by atoms with E-state index < -0.39 is 147 Å². The molecule has 4 heterocycles. The molecular formula is C35H51NO23. The number of ketones is 1. The number of hydrogen-bond donors (Lipinski definition) is 15. The minimum atomic E-state index is -2.22. The van der Waals surface area contributed by atoms with Gasteiger partial charge >= 0.3 is 0 Å². The minimum Gasteiger partial charge on any atom is -0.504 e. The number of ether oxygens (including phenoxy) is 7. The lowest BCUT2D eigenvalue weighted by Gasteiger charge is -2.43. The summed E-state index contributed by atoms with van der Waals surface area (Å²) in [6.07, 6.45) is -22.8. The van der Waals surface area contributed by atoms with Gasteiger partial charge in [-0.2, -0.15) is 0 Å². The molecule has 1 saturated carbocycles. The first-order chi connectivity index (χ1) is 27.8. The first kappa shape index (κ1) is 47.0. The largest absolute Gasteiger partial charge is 0.504 e. The van der Waals surface area contributed by atoms with Gasteiger partial charge in [0, 0.05) is 5.57 Å². The van der Waals surface area contributed by atoms with Crippen LogP contribution in [0.2, 0.25) is 0 Å². The van der Waals surface area contributed by atoms with Crippen LogP contribution in [0.5, 0.6) is 11.5 Å². The molecule has 0 spiro atoms. The fourth-order valence-electron chi connectivity index (χ4n) is 7.10. The zero-order valence-electron chi connectivity index (χ0n) is 31.5. The van der Waals surface area contributed by atoms with E-state index in [1.807, 2.05) is 0 Å². The van der Waals surface area contributed by atoms with E-state index in [-0.39, 0.29) is 23.9 Å². The van der Waals surface area contributed by atoms with Gasteiger partial charge in [0.2, 0.25) is 18.0 Å². The fraction of sp³-hybridized carbons (Fsp3) is 0.714. The summed E-state index contributed by atoms with van der Waals surface area (Å²) in [4.78, 5) is 24.2. The van der Waals surface area contributed by atoms with Gasteiger partial charge in [-0.15, -0.1) is 0 Å². The molecule has 5 fully saturated rings. The number of phenols is 1. The van der Waals surface area contributed by atoms with E-state index in [1.165, 1.54) is 38.1 Å². The smallest absolute Gasteiger partial charge is 0.247 e. The summed E-state index contributed by atoms with van der Waals surface area (Å²) >= 11 is 0. The maximum absolute atomic E-state index is 12.7. The molecule has 0 radical (unpaired) electrons. The van der Waals surface area contributed by atoms with Gasteiger partial charge in [0.1, 0.15) is 105 Å².